The summed E-state index contributed by atoms with van der Waals surface area (Å²) in [4.78, 5) is 5.00. The molecule has 30 heavy (non-hydrogen) atoms. The Kier molecular flexibility index (Phi) is 6.05. The lowest BCUT2D eigenvalue weighted by molar-refractivity contribution is 0.0730. The molecule has 2 heterocycles. The van der Waals surface area contributed by atoms with Gasteiger partial charge in [0.1, 0.15) is 5.01 Å². The normalized spacial score (nSPS) is 15.1. The Morgan fingerprint density at radius 2 is 1.77 bits per heavy atom. The number of nitrogens with zero attached hydrogens (tertiary/aromatic N) is 2. The fraction of sp³-hybridized carbons (Fsp3) is 0.286. The fourth-order valence-corrected chi connectivity index (χ4v) is 5.58. The molecule has 1 aliphatic heterocycles. The largest absolute Gasteiger partial charge is 0.493 e. The Morgan fingerprint density at radius 1 is 1.03 bits per heavy atom. The molecule has 4 rings (SSSR count). The van der Waals surface area contributed by atoms with Crippen LogP contribution in [0.25, 0.3) is 21.8 Å². The smallest absolute Gasteiger partial charge is 0.243 e. The lowest BCUT2D eigenvalue weighted by Gasteiger charge is -2.26. The van der Waals surface area contributed by atoms with Crippen LogP contribution in [0, 0.1) is 0 Å². The van der Waals surface area contributed by atoms with Gasteiger partial charge in [0.05, 0.1) is 43.6 Å². The van der Waals surface area contributed by atoms with Gasteiger partial charge < -0.3 is 14.2 Å². The van der Waals surface area contributed by atoms with Crippen LogP contribution in [0.1, 0.15) is 0 Å². The molecule has 3 aromatic rings. The molecule has 0 atom stereocenters. The summed E-state index contributed by atoms with van der Waals surface area (Å²) < 4.78 is 43.2. The molecule has 1 aliphatic rings. The van der Waals surface area contributed by atoms with E-state index >= 15 is 0 Å². The van der Waals surface area contributed by atoms with Crippen molar-refractivity contribution in [1.29, 1.82) is 0 Å². The molecule has 0 aliphatic carbocycles. The molecule has 0 N–H and O–H groups in total. The standard InChI is InChI=1S/C21H22N2O5S2/c1-26-19-5-3-4-17(20(19)27-2)21-22-18(14-29-21)15-6-8-16(9-7-15)30(24,25)23-10-12-28-13-11-23/h3-9,14H,10-13H2,1-2H3. The van der Waals surface area contributed by atoms with Crippen LogP contribution in [0.4, 0.5) is 0 Å². The summed E-state index contributed by atoms with van der Waals surface area (Å²) in [5.41, 5.74) is 2.47. The molecule has 0 spiro atoms. The van der Waals surface area contributed by atoms with E-state index in [0.717, 1.165) is 21.8 Å². The van der Waals surface area contributed by atoms with Crippen molar-refractivity contribution >= 4 is 21.4 Å². The van der Waals surface area contributed by atoms with Gasteiger partial charge in [0, 0.05) is 24.0 Å². The first-order valence-corrected chi connectivity index (χ1v) is 11.7. The van der Waals surface area contributed by atoms with E-state index in [1.54, 1.807) is 38.5 Å². The number of thiazole rings is 1. The van der Waals surface area contributed by atoms with Crippen molar-refractivity contribution in [3.63, 3.8) is 0 Å². The predicted octanol–water partition coefficient (Wildman–Crippen LogP) is 3.52. The van der Waals surface area contributed by atoms with Crippen molar-refractivity contribution in [3.8, 4) is 33.3 Å². The Morgan fingerprint density at radius 3 is 2.43 bits per heavy atom. The van der Waals surface area contributed by atoms with E-state index in [-0.39, 0.29) is 4.90 Å². The van der Waals surface area contributed by atoms with Gasteiger partial charge in [0.15, 0.2) is 11.5 Å². The highest BCUT2D eigenvalue weighted by molar-refractivity contribution is 7.89. The minimum absolute atomic E-state index is 0.276. The highest BCUT2D eigenvalue weighted by Crippen LogP contribution is 2.40. The van der Waals surface area contributed by atoms with Crippen LogP contribution < -0.4 is 9.47 Å². The molecule has 0 saturated carbocycles. The zero-order valence-electron chi connectivity index (χ0n) is 16.7. The van der Waals surface area contributed by atoms with Gasteiger partial charge in [-0.05, 0) is 24.3 Å². The Hall–Kier alpha value is -2.46. The quantitative estimate of drug-likeness (QED) is 0.577. The van der Waals surface area contributed by atoms with E-state index in [1.165, 1.54) is 15.6 Å². The van der Waals surface area contributed by atoms with Crippen molar-refractivity contribution in [2.75, 3.05) is 40.5 Å². The van der Waals surface area contributed by atoms with Crippen LogP contribution in [0.3, 0.4) is 0 Å². The average molecular weight is 447 g/mol. The van der Waals surface area contributed by atoms with Gasteiger partial charge in [-0.15, -0.1) is 11.3 Å². The van der Waals surface area contributed by atoms with Crippen molar-refractivity contribution in [2.45, 2.75) is 4.90 Å². The van der Waals surface area contributed by atoms with Gasteiger partial charge in [-0.25, -0.2) is 13.4 Å². The van der Waals surface area contributed by atoms with Crippen molar-refractivity contribution in [2.24, 2.45) is 0 Å². The van der Waals surface area contributed by atoms with Crippen LogP contribution in [0.2, 0.25) is 0 Å². The summed E-state index contributed by atoms with van der Waals surface area (Å²) >= 11 is 1.49. The maximum atomic E-state index is 12.8. The second kappa shape index (κ2) is 8.73. The average Bonchev–Trinajstić information content (AvgIpc) is 3.29. The third-order valence-corrected chi connectivity index (χ3v) is 7.68. The first-order valence-electron chi connectivity index (χ1n) is 9.40. The summed E-state index contributed by atoms with van der Waals surface area (Å²) in [6, 6.07) is 12.5. The van der Waals surface area contributed by atoms with Gasteiger partial charge in [0.25, 0.3) is 0 Å². The molecular weight excluding hydrogens is 424 g/mol. The number of aromatic nitrogens is 1. The Labute approximate surface area is 179 Å². The number of sulfonamides is 1. The van der Waals surface area contributed by atoms with E-state index in [0.29, 0.717) is 37.8 Å². The fourth-order valence-electron chi connectivity index (χ4n) is 3.32. The number of methoxy groups -OCH3 is 2. The molecule has 0 bridgehead atoms. The zero-order valence-corrected chi connectivity index (χ0v) is 18.3. The van der Waals surface area contributed by atoms with Gasteiger partial charge in [-0.2, -0.15) is 4.31 Å². The monoisotopic (exact) mass is 446 g/mol. The second-order valence-corrected chi connectivity index (χ2v) is 9.42. The third kappa shape index (κ3) is 3.93. The molecule has 1 fully saturated rings. The number of benzene rings is 2. The molecule has 2 aromatic carbocycles. The van der Waals surface area contributed by atoms with E-state index in [2.05, 4.69) is 0 Å². The molecule has 0 amide bonds. The Balaban J connectivity index is 1.60. The zero-order chi connectivity index (χ0) is 21.1. The SMILES string of the molecule is COc1cccc(-c2nc(-c3ccc(S(=O)(=O)N4CCOCC4)cc3)cs2)c1OC. The van der Waals surface area contributed by atoms with Gasteiger partial charge in [0.2, 0.25) is 10.0 Å². The minimum atomic E-state index is -3.51. The first kappa shape index (κ1) is 20.8. The predicted molar refractivity (Wildman–Crippen MR) is 116 cm³/mol. The number of ether oxygens (including phenoxy) is 3. The van der Waals surface area contributed by atoms with Crippen molar-refractivity contribution in [1.82, 2.24) is 9.29 Å². The van der Waals surface area contributed by atoms with Crippen LogP contribution in [0.5, 0.6) is 11.5 Å². The highest BCUT2D eigenvalue weighted by Gasteiger charge is 2.26. The molecular formula is C21H22N2O5S2. The molecule has 9 heteroatoms. The number of para-hydroxylation sites is 1. The van der Waals surface area contributed by atoms with E-state index in [4.69, 9.17) is 19.2 Å². The molecule has 1 aromatic heterocycles. The van der Waals surface area contributed by atoms with Gasteiger partial charge in [-0.1, -0.05) is 18.2 Å². The third-order valence-electron chi connectivity index (χ3n) is 4.90. The lowest BCUT2D eigenvalue weighted by atomic mass is 10.1. The summed E-state index contributed by atoms with van der Waals surface area (Å²) in [6.07, 6.45) is 0. The maximum absolute atomic E-state index is 12.8. The van der Waals surface area contributed by atoms with E-state index in [1.807, 2.05) is 23.6 Å². The number of hydrogen-bond acceptors (Lipinski definition) is 7. The van der Waals surface area contributed by atoms with Crippen LogP contribution in [-0.4, -0.2) is 58.2 Å². The summed E-state index contributed by atoms with van der Waals surface area (Å²) in [6.45, 7) is 1.60. The molecule has 0 radical (unpaired) electrons. The lowest BCUT2D eigenvalue weighted by Crippen LogP contribution is -2.40. The summed E-state index contributed by atoms with van der Waals surface area (Å²) in [5.74, 6) is 1.28. The molecule has 0 unspecified atom stereocenters. The Bertz CT molecular complexity index is 1120. The molecule has 1 saturated heterocycles. The van der Waals surface area contributed by atoms with Crippen molar-refractivity contribution in [3.05, 3.63) is 47.8 Å². The van der Waals surface area contributed by atoms with E-state index in [9.17, 15) is 8.42 Å². The summed E-state index contributed by atoms with van der Waals surface area (Å²) in [7, 11) is -0.311. The van der Waals surface area contributed by atoms with Crippen LogP contribution in [0.15, 0.2) is 52.7 Å². The summed E-state index contributed by atoms with van der Waals surface area (Å²) in [5, 5.41) is 2.74. The van der Waals surface area contributed by atoms with Gasteiger partial charge in [-0.3, -0.25) is 0 Å². The maximum Gasteiger partial charge on any atom is 0.243 e. The van der Waals surface area contributed by atoms with Crippen LogP contribution in [-0.2, 0) is 14.8 Å². The minimum Gasteiger partial charge on any atom is -0.493 e. The van der Waals surface area contributed by atoms with E-state index < -0.39 is 10.0 Å². The second-order valence-electron chi connectivity index (χ2n) is 6.62. The topological polar surface area (TPSA) is 78.0 Å². The first-order chi connectivity index (χ1) is 14.5. The van der Waals surface area contributed by atoms with Crippen LogP contribution >= 0.6 is 11.3 Å². The highest BCUT2D eigenvalue weighted by atomic mass is 32.2. The number of rotatable bonds is 6. The molecule has 7 nitrogen and oxygen atoms in total. The van der Waals surface area contributed by atoms with Crippen molar-refractivity contribution < 1.29 is 22.6 Å². The van der Waals surface area contributed by atoms with Gasteiger partial charge >= 0.3 is 0 Å². The number of hydrogen-bond donors (Lipinski definition) is 0. The molecule has 158 valence electrons. The number of morpholine rings is 1.